The van der Waals surface area contributed by atoms with E-state index in [4.69, 9.17) is 5.73 Å². The largest absolute Gasteiger partial charge is 0.398 e. The van der Waals surface area contributed by atoms with Crippen LogP contribution in [0, 0.1) is 17.7 Å². The molecule has 92 valence electrons. The molecule has 1 fully saturated rings. The van der Waals surface area contributed by atoms with Crippen molar-refractivity contribution in [2.24, 2.45) is 11.8 Å². The maximum Gasteiger partial charge on any atom is 0.168 e. The number of halogens is 1. The van der Waals surface area contributed by atoms with Crippen molar-refractivity contribution in [2.75, 3.05) is 5.73 Å². The van der Waals surface area contributed by atoms with Gasteiger partial charge in [0.15, 0.2) is 5.78 Å². The second-order valence-corrected chi connectivity index (χ2v) is 5.06. The number of nitrogens with two attached hydrogens (primary N) is 1. The van der Waals surface area contributed by atoms with E-state index in [-0.39, 0.29) is 11.7 Å². The quantitative estimate of drug-likeness (QED) is 0.630. The number of carbonyl (C=O) groups is 1. The van der Waals surface area contributed by atoms with Gasteiger partial charge in [-0.2, -0.15) is 0 Å². The van der Waals surface area contributed by atoms with E-state index in [0.29, 0.717) is 17.2 Å². The molecule has 0 radical (unpaired) electrons. The van der Waals surface area contributed by atoms with Crippen LogP contribution in [0.4, 0.5) is 10.1 Å². The minimum absolute atomic E-state index is 0.00792. The Morgan fingerprint density at radius 2 is 2.18 bits per heavy atom. The standard InChI is InChI=1S/C14H18FNO/c1-9-3-2-4-10(7-9)14(17)12-8-11(15)5-6-13(12)16/h5-6,8-10H,2-4,7,16H2,1H3. The van der Waals surface area contributed by atoms with Gasteiger partial charge in [-0.05, 0) is 37.0 Å². The Hall–Kier alpha value is -1.38. The maximum atomic E-state index is 13.1. The van der Waals surface area contributed by atoms with Gasteiger partial charge in [0, 0.05) is 17.2 Å². The average Bonchev–Trinajstić information content (AvgIpc) is 2.31. The predicted octanol–water partition coefficient (Wildman–Crippen LogP) is 3.42. The fraction of sp³-hybridized carbons (Fsp3) is 0.500. The predicted molar refractivity (Wildman–Crippen MR) is 66.3 cm³/mol. The molecular weight excluding hydrogens is 217 g/mol. The molecule has 2 atom stereocenters. The number of nitrogen functional groups attached to an aromatic ring is 1. The van der Waals surface area contributed by atoms with Gasteiger partial charge in [0.2, 0.25) is 0 Å². The van der Waals surface area contributed by atoms with Gasteiger partial charge in [-0.3, -0.25) is 4.79 Å². The minimum atomic E-state index is -0.397. The lowest BCUT2D eigenvalue weighted by Gasteiger charge is -2.25. The summed E-state index contributed by atoms with van der Waals surface area (Å²) in [5, 5.41) is 0. The van der Waals surface area contributed by atoms with Crippen LogP contribution in [0.3, 0.4) is 0 Å². The van der Waals surface area contributed by atoms with Crippen molar-refractivity contribution in [3.63, 3.8) is 0 Å². The topological polar surface area (TPSA) is 43.1 Å². The monoisotopic (exact) mass is 235 g/mol. The summed E-state index contributed by atoms with van der Waals surface area (Å²) in [4.78, 5) is 12.3. The Morgan fingerprint density at radius 1 is 1.41 bits per heavy atom. The molecule has 0 heterocycles. The normalized spacial score (nSPS) is 24.6. The summed E-state index contributed by atoms with van der Waals surface area (Å²) < 4.78 is 13.1. The van der Waals surface area contributed by atoms with Crippen LogP contribution in [0.15, 0.2) is 18.2 Å². The molecule has 0 spiro atoms. The highest BCUT2D eigenvalue weighted by molar-refractivity contribution is 6.02. The van der Waals surface area contributed by atoms with Gasteiger partial charge in [0.25, 0.3) is 0 Å². The Balaban J connectivity index is 2.21. The Bertz CT molecular complexity index is 430. The van der Waals surface area contributed by atoms with Crippen LogP contribution in [-0.4, -0.2) is 5.78 Å². The number of benzene rings is 1. The van der Waals surface area contributed by atoms with Crippen LogP contribution < -0.4 is 5.73 Å². The van der Waals surface area contributed by atoms with Crippen LogP contribution in [0.25, 0.3) is 0 Å². The van der Waals surface area contributed by atoms with Gasteiger partial charge in [-0.15, -0.1) is 0 Å². The molecular formula is C14H18FNO. The fourth-order valence-corrected chi connectivity index (χ4v) is 2.63. The lowest BCUT2D eigenvalue weighted by Crippen LogP contribution is -2.22. The van der Waals surface area contributed by atoms with Gasteiger partial charge in [0.05, 0.1) is 0 Å². The van der Waals surface area contributed by atoms with Crippen molar-refractivity contribution in [3.8, 4) is 0 Å². The summed E-state index contributed by atoms with van der Waals surface area (Å²) in [6, 6.07) is 4.02. The van der Waals surface area contributed by atoms with Gasteiger partial charge in [0.1, 0.15) is 5.82 Å². The van der Waals surface area contributed by atoms with Crippen LogP contribution in [0.2, 0.25) is 0 Å². The van der Waals surface area contributed by atoms with Crippen LogP contribution in [0.5, 0.6) is 0 Å². The SMILES string of the molecule is CC1CCCC(C(=O)c2cc(F)ccc2N)C1. The first-order valence-corrected chi connectivity index (χ1v) is 6.17. The highest BCUT2D eigenvalue weighted by Gasteiger charge is 2.27. The number of carbonyl (C=O) groups excluding carboxylic acids is 1. The van der Waals surface area contributed by atoms with Gasteiger partial charge < -0.3 is 5.73 Å². The number of hydrogen-bond acceptors (Lipinski definition) is 2. The molecule has 0 aromatic heterocycles. The molecule has 1 aliphatic rings. The summed E-state index contributed by atoms with van der Waals surface area (Å²) in [5.74, 6) is 0.204. The summed E-state index contributed by atoms with van der Waals surface area (Å²) in [7, 11) is 0. The average molecular weight is 235 g/mol. The summed E-state index contributed by atoms with van der Waals surface area (Å²) in [6.45, 7) is 2.16. The number of rotatable bonds is 2. The van der Waals surface area contributed by atoms with E-state index in [1.54, 1.807) is 0 Å². The lowest BCUT2D eigenvalue weighted by molar-refractivity contribution is 0.0869. The van der Waals surface area contributed by atoms with Crippen LogP contribution >= 0.6 is 0 Å². The summed E-state index contributed by atoms with van der Waals surface area (Å²) >= 11 is 0. The number of Topliss-reactive ketones (excluding diaryl/α,β-unsaturated/α-hetero) is 1. The second-order valence-electron chi connectivity index (χ2n) is 5.06. The molecule has 3 heteroatoms. The smallest absolute Gasteiger partial charge is 0.168 e. The van der Waals surface area contributed by atoms with Crippen molar-refractivity contribution in [3.05, 3.63) is 29.6 Å². The van der Waals surface area contributed by atoms with Crippen molar-refractivity contribution in [1.29, 1.82) is 0 Å². The fourth-order valence-electron chi connectivity index (χ4n) is 2.63. The zero-order valence-electron chi connectivity index (χ0n) is 10.1. The van der Waals surface area contributed by atoms with Gasteiger partial charge >= 0.3 is 0 Å². The molecule has 0 saturated heterocycles. The summed E-state index contributed by atoms with van der Waals surface area (Å²) in [6.07, 6.45) is 4.06. The van der Waals surface area contributed by atoms with Crippen molar-refractivity contribution in [1.82, 2.24) is 0 Å². The van der Waals surface area contributed by atoms with E-state index in [2.05, 4.69) is 6.92 Å². The number of anilines is 1. The van der Waals surface area contributed by atoms with Crippen LogP contribution in [-0.2, 0) is 0 Å². The zero-order valence-corrected chi connectivity index (χ0v) is 10.1. The van der Waals surface area contributed by atoms with Crippen LogP contribution in [0.1, 0.15) is 43.0 Å². The molecule has 1 aromatic carbocycles. The van der Waals surface area contributed by atoms with E-state index in [1.165, 1.54) is 24.6 Å². The van der Waals surface area contributed by atoms with E-state index in [0.717, 1.165) is 19.3 Å². The molecule has 0 amide bonds. The molecule has 2 rings (SSSR count). The molecule has 2 N–H and O–H groups in total. The van der Waals surface area contributed by atoms with Crippen molar-refractivity contribution in [2.45, 2.75) is 32.6 Å². The molecule has 1 saturated carbocycles. The zero-order chi connectivity index (χ0) is 12.4. The number of ketones is 1. The van der Waals surface area contributed by atoms with E-state index >= 15 is 0 Å². The third-order valence-corrected chi connectivity index (χ3v) is 3.59. The second kappa shape index (κ2) is 4.86. The van der Waals surface area contributed by atoms with E-state index in [1.807, 2.05) is 0 Å². The third-order valence-electron chi connectivity index (χ3n) is 3.59. The highest BCUT2D eigenvalue weighted by Crippen LogP contribution is 2.32. The van der Waals surface area contributed by atoms with Gasteiger partial charge in [-0.25, -0.2) is 4.39 Å². The number of hydrogen-bond donors (Lipinski definition) is 1. The van der Waals surface area contributed by atoms with E-state index < -0.39 is 5.82 Å². The molecule has 1 aromatic rings. The van der Waals surface area contributed by atoms with Gasteiger partial charge in [-0.1, -0.05) is 19.8 Å². The Morgan fingerprint density at radius 3 is 2.88 bits per heavy atom. The maximum absolute atomic E-state index is 13.1. The summed E-state index contributed by atoms with van der Waals surface area (Å²) in [5.41, 5.74) is 6.48. The first-order valence-electron chi connectivity index (χ1n) is 6.17. The molecule has 2 nitrogen and oxygen atoms in total. The molecule has 1 aliphatic carbocycles. The first-order chi connectivity index (χ1) is 8.08. The molecule has 0 bridgehead atoms. The lowest BCUT2D eigenvalue weighted by atomic mass is 9.78. The van der Waals surface area contributed by atoms with Crippen molar-refractivity contribution >= 4 is 11.5 Å². The van der Waals surface area contributed by atoms with Crippen molar-refractivity contribution < 1.29 is 9.18 Å². The van der Waals surface area contributed by atoms with E-state index in [9.17, 15) is 9.18 Å². The molecule has 2 unspecified atom stereocenters. The molecule has 0 aliphatic heterocycles. The Kier molecular flexibility index (Phi) is 3.46. The third kappa shape index (κ3) is 2.65. The minimum Gasteiger partial charge on any atom is -0.398 e. The Labute approximate surface area is 101 Å². The molecule has 17 heavy (non-hydrogen) atoms. The first kappa shape index (κ1) is 12.1. The highest BCUT2D eigenvalue weighted by atomic mass is 19.1.